The number of hydrogen-bond donors (Lipinski definition) is 1. The quantitative estimate of drug-likeness (QED) is 0.799. The van der Waals surface area contributed by atoms with Gasteiger partial charge in [-0.3, -0.25) is 0 Å². The van der Waals surface area contributed by atoms with Crippen LogP contribution >= 0.6 is 34.3 Å². The molecule has 0 aliphatic rings. The minimum Gasteiger partial charge on any atom is -0.374 e. The van der Waals surface area contributed by atoms with Crippen molar-refractivity contribution in [3.8, 4) is 10.6 Å². The lowest BCUT2D eigenvalue weighted by Gasteiger charge is -1.87. The van der Waals surface area contributed by atoms with Crippen LogP contribution < -0.4 is 5.73 Å². The van der Waals surface area contributed by atoms with Crippen LogP contribution in [0.4, 0.5) is 5.13 Å². The number of anilines is 1. The Bertz CT molecular complexity index is 395. The van der Waals surface area contributed by atoms with Crippen molar-refractivity contribution in [2.45, 2.75) is 0 Å². The summed E-state index contributed by atoms with van der Waals surface area (Å²) >= 11 is 8.71. The van der Waals surface area contributed by atoms with Crippen LogP contribution in [-0.2, 0) is 0 Å². The molecular weight excluding hydrogens is 214 g/mol. The minimum atomic E-state index is 0.465. The summed E-state index contributed by atoms with van der Waals surface area (Å²) in [4.78, 5) is 0. The standard InChI is InChI=1S/C6H4ClN3S2/c7-4-3(1-2-11-4)5-9-10-6(8)12-5/h1-2H,(H2,8,10). The van der Waals surface area contributed by atoms with Crippen LogP contribution in [-0.4, -0.2) is 10.2 Å². The van der Waals surface area contributed by atoms with E-state index >= 15 is 0 Å². The normalized spacial score (nSPS) is 10.4. The molecule has 3 nitrogen and oxygen atoms in total. The molecule has 2 N–H and O–H groups in total. The second kappa shape index (κ2) is 3.01. The molecule has 2 rings (SSSR count). The molecular formula is C6H4ClN3S2. The molecule has 0 atom stereocenters. The fourth-order valence-corrected chi connectivity index (χ4v) is 2.47. The van der Waals surface area contributed by atoms with E-state index in [1.807, 2.05) is 11.4 Å². The molecule has 0 aliphatic heterocycles. The van der Waals surface area contributed by atoms with Crippen LogP contribution in [0, 0.1) is 0 Å². The van der Waals surface area contributed by atoms with Gasteiger partial charge >= 0.3 is 0 Å². The summed E-state index contributed by atoms with van der Waals surface area (Å²) in [7, 11) is 0. The van der Waals surface area contributed by atoms with E-state index in [1.54, 1.807) is 0 Å². The van der Waals surface area contributed by atoms with Crippen LogP contribution in [0.25, 0.3) is 10.6 Å². The number of nitrogen functional groups attached to an aromatic ring is 1. The first-order valence-corrected chi connectivity index (χ1v) is 5.17. The molecule has 6 heteroatoms. The Morgan fingerprint density at radius 3 is 2.75 bits per heavy atom. The lowest BCUT2D eigenvalue weighted by atomic mass is 10.4. The maximum absolute atomic E-state index is 5.90. The van der Waals surface area contributed by atoms with Gasteiger partial charge in [0.15, 0.2) is 5.01 Å². The molecule has 0 aliphatic carbocycles. The van der Waals surface area contributed by atoms with Crippen molar-refractivity contribution in [1.82, 2.24) is 10.2 Å². The highest BCUT2D eigenvalue weighted by atomic mass is 35.5. The van der Waals surface area contributed by atoms with Gasteiger partial charge in [0, 0.05) is 5.56 Å². The first kappa shape index (κ1) is 7.97. The van der Waals surface area contributed by atoms with E-state index in [0.29, 0.717) is 5.13 Å². The summed E-state index contributed by atoms with van der Waals surface area (Å²) in [5, 5.41) is 10.7. The van der Waals surface area contributed by atoms with Crippen molar-refractivity contribution in [3.63, 3.8) is 0 Å². The number of aromatic nitrogens is 2. The van der Waals surface area contributed by atoms with Crippen LogP contribution in [0.1, 0.15) is 0 Å². The molecule has 0 fully saturated rings. The lowest BCUT2D eigenvalue weighted by Crippen LogP contribution is -1.79. The monoisotopic (exact) mass is 217 g/mol. The Kier molecular flexibility index (Phi) is 2.00. The molecule has 62 valence electrons. The van der Waals surface area contributed by atoms with Gasteiger partial charge in [0.2, 0.25) is 5.13 Å². The molecule has 0 saturated carbocycles. The van der Waals surface area contributed by atoms with Gasteiger partial charge in [-0.1, -0.05) is 22.9 Å². The topological polar surface area (TPSA) is 51.8 Å². The molecule has 2 aromatic rings. The molecule has 2 heterocycles. The third-order valence-corrected chi connectivity index (χ3v) is 3.24. The summed E-state index contributed by atoms with van der Waals surface area (Å²) in [6, 6.07) is 1.91. The zero-order chi connectivity index (χ0) is 8.55. The lowest BCUT2D eigenvalue weighted by molar-refractivity contribution is 1.10. The average Bonchev–Trinajstić information content (AvgIpc) is 2.58. The number of nitrogens with two attached hydrogens (primary N) is 1. The average molecular weight is 218 g/mol. The largest absolute Gasteiger partial charge is 0.374 e. The summed E-state index contributed by atoms with van der Waals surface area (Å²) in [6.07, 6.45) is 0. The predicted molar refractivity (Wildman–Crippen MR) is 52.6 cm³/mol. The smallest absolute Gasteiger partial charge is 0.203 e. The van der Waals surface area contributed by atoms with Crippen LogP contribution in [0.3, 0.4) is 0 Å². The summed E-state index contributed by atoms with van der Waals surface area (Å²) in [6.45, 7) is 0. The second-order valence-corrected chi connectivity index (χ2v) is 4.58. The van der Waals surface area contributed by atoms with Crippen molar-refractivity contribution in [2.24, 2.45) is 0 Å². The molecule has 0 radical (unpaired) electrons. The zero-order valence-corrected chi connectivity index (χ0v) is 8.21. The van der Waals surface area contributed by atoms with Crippen molar-refractivity contribution in [3.05, 3.63) is 15.8 Å². The molecule has 0 amide bonds. The SMILES string of the molecule is Nc1nnc(-c2ccsc2Cl)s1. The molecule has 0 unspecified atom stereocenters. The molecule has 0 bridgehead atoms. The Hall–Kier alpha value is -0.650. The number of thiophene rings is 1. The van der Waals surface area contributed by atoms with Crippen molar-refractivity contribution in [2.75, 3.05) is 5.73 Å². The Morgan fingerprint density at radius 2 is 2.25 bits per heavy atom. The van der Waals surface area contributed by atoms with Gasteiger partial charge in [0.1, 0.15) is 4.34 Å². The van der Waals surface area contributed by atoms with Crippen molar-refractivity contribution < 1.29 is 0 Å². The van der Waals surface area contributed by atoms with Crippen LogP contribution in [0.15, 0.2) is 11.4 Å². The number of halogens is 1. The minimum absolute atomic E-state index is 0.465. The summed E-state index contributed by atoms with van der Waals surface area (Å²) in [5.41, 5.74) is 6.35. The van der Waals surface area contributed by atoms with Gasteiger partial charge in [-0.05, 0) is 11.4 Å². The first-order chi connectivity index (χ1) is 5.77. The van der Waals surface area contributed by atoms with E-state index in [-0.39, 0.29) is 0 Å². The van der Waals surface area contributed by atoms with Crippen molar-refractivity contribution in [1.29, 1.82) is 0 Å². The summed E-state index contributed by atoms with van der Waals surface area (Å²) < 4.78 is 0.728. The van der Waals surface area contributed by atoms with Gasteiger partial charge in [-0.15, -0.1) is 21.5 Å². The van der Waals surface area contributed by atoms with Gasteiger partial charge in [-0.2, -0.15) is 0 Å². The van der Waals surface area contributed by atoms with E-state index in [2.05, 4.69) is 10.2 Å². The van der Waals surface area contributed by atoms with Gasteiger partial charge in [0.25, 0.3) is 0 Å². The highest BCUT2D eigenvalue weighted by molar-refractivity contribution is 7.19. The second-order valence-electron chi connectivity index (χ2n) is 2.05. The molecule has 2 aromatic heterocycles. The van der Waals surface area contributed by atoms with Gasteiger partial charge < -0.3 is 5.73 Å². The Morgan fingerprint density at radius 1 is 1.42 bits per heavy atom. The number of rotatable bonds is 1. The van der Waals surface area contributed by atoms with E-state index in [9.17, 15) is 0 Å². The highest BCUT2D eigenvalue weighted by Crippen LogP contribution is 2.34. The van der Waals surface area contributed by atoms with E-state index in [4.69, 9.17) is 17.3 Å². The van der Waals surface area contributed by atoms with Crippen LogP contribution in [0.5, 0.6) is 0 Å². The highest BCUT2D eigenvalue weighted by Gasteiger charge is 2.08. The van der Waals surface area contributed by atoms with Gasteiger partial charge in [0.05, 0.1) is 0 Å². The van der Waals surface area contributed by atoms with E-state index in [1.165, 1.54) is 22.7 Å². The number of nitrogens with zero attached hydrogens (tertiary/aromatic N) is 2. The molecule has 12 heavy (non-hydrogen) atoms. The van der Waals surface area contributed by atoms with Gasteiger partial charge in [-0.25, -0.2) is 0 Å². The third-order valence-electron chi connectivity index (χ3n) is 1.29. The molecule has 0 aromatic carbocycles. The Labute approximate surface area is 81.8 Å². The van der Waals surface area contributed by atoms with E-state index in [0.717, 1.165) is 14.9 Å². The van der Waals surface area contributed by atoms with E-state index < -0.39 is 0 Å². The Balaban J connectivity index is 2.50. The predicted octanol–water partition coefficient (Wildman–Crippen LogP) is 2.50. The number of hydrogen-bond acceptors (Lipinski definition) is 5. The first-order valence-electron chi connectivity index (χ1n) is 3.09. The maximum Gasteiger partial charge on any atom is 0.203 e. The summed E-state index contributed by atoms with van der Waals surface area (Å²) in [5.74, 6) is 0. The van der Waals surface area contributed by atoms with Crippen molar-refractivity contribution >= 4 is 39.4 Å². The fourth-order valence-electron chi connectivity index (χ4n) is 0.790. The molecule has 0 spiro atoms. The third kappa shape index (κ3) is 1.31. The fraction of sp³-hybridized carbons (Fsp3) is 0. The maximum atomic E-state index is 5.90. The zero-order valence-electron chi connectivity index (χ0n) is 5.82. The van der Waals surface area contributed by atoms with Crippen LogP contribution in [0.2, 0.25) is 4.34 Å². The molecule has 0 saturated heterocycles.